The fourth-order valence-corrected chi connectivity index (χ4v) is 2.58. The zero-order chi connectivity index (χ0) is 16.1. The number of fused-ring (bicyclic) bond motifs is 1. The molecule has 0 saturated heterocycles. The Morgan fingerprint density at radius 3 is 2.65 bits per heavy atom. The number of nitrogens with one attached hydrogen (secondary N) is 1. The van der Waals surface area contributed by atoms with Gasteiger partial charge in [0.25, 0.3) is 0 Å². The lowest BCUT2D eigenvalue weighted by molar-refractivity contribution is -0.116. The average molecular weight is 308 g/mol. The Morgan fingerprint density at radius 1 is 1.09 bits per heavy atom. The Morgan fingerprint density at radius 2 is 1.87 bits per heavy atom. The van der Waals surface area contributed by atoms with Crippen LogP contribution >= 0.6 is 0 Å². The molecule has 0 aliphatic carbocycles. The van der Waals surface area contributed by atoms with Crippen LogP contribution in [0.25, 0.3) is 10.9 Å². The highest BCUT2D eigenvalue weighted by Crippen LogP contribution is 2.17. The van der Waals surface area contributed by atoms with E-state index in [0.29, 0.717) is 19.6 Å². The molecular formula is C19H20N2O2. The predicted molar refractivity (Wildman–Crippen MR) is 92.8 cm³/mol. The van der Waals surface area contributed by atoms with Crippen molar-refractivity contribution in [1.29, 1.82) is 0 Å². The topological polar surface area (TPSA) is 43.3 Å². The van der Waals surface area contributed by atoms with Crippen LogP contribution in [0.15, 0.2) is 60.8 Å². The Hall–Kier alpha value is -2.75. The van der Waals surface area contributed by atoms with Crippen LogP contribution in [-0.4, -0.2) is 17.1 Å². The van der Waals surface area contributed by atoms with Crippen molar-refractivity contribution in [1.82, 2.24) is 4.57 Å². The minimum absolute atomic E-state index is 0.00643. The van der Waals surface area contributed by atoms with Crippen molar-refractivity contribution in [3.05, 3.63) is 60.8 Å². The Balaban J connectivity index is 1.57. The number of rotatable bonds is 6. The minimum Gasteiger partial charge on any atom is -0.494 e. The van der Waals surface area contributed by atoms with Crippen molar-refractivity contribution < 1.29 is 9.53 Å². The second kappa shape index (κ2) is 7.01. The molecule has 0 aliphatic heterocycles. The van der Waals surface area contributed by atoms with Crippen molar-refractivity contribution in [3.63, 3.8) is 0 Å². The van der Waals surface area contributed by atoms with E-state index < -0.39 is 0 Å². The number of aryl methyl sites for hydroxylation is 1. The van der Waals surface area contributed by atoms with E-state index in [-0.39, 0.29) is 5.91 Å². The lowest BCUT2D eigenvalue weighted by atomic mass is 10.2. The molecule has 3 aromatic rings. The summed E-state index contributed by atoms with van der Waals surface area (Å²) in [5, 5.41) is 4.11. The Bertz CT molecular complexity index is 790. The quantitative estimate of drug-likeness (QED) is 0.746. The molecule has 4 nitrogen and oxygen atoms in total. The molecule has 0 saturated carbocycles. The van der Waals surface area contributed by atoms with Crippen LogP contribution < -0.4 is 10.1 Å². The highest BCUT2D eigenvalue weighted by atomic mass is 16.5. The average Bonchev–Trinajstić information content (AvgIpc) is 2.98. The molecule has 23 heavy (non-hydrogen) atoms. The van der Waals surface area contributed by atoms with Crippen molar-refractivity contribution in [2.45, 2.75) is 19.9 Å². The van der Waals surface area contributed by atoms with Crippen LogP contribution in [0, 0.1) is 0 Å². The van der Waals surface area contributed by atoms with E-state index in [1.165, 1.54) is 5.39 Å². The van der Waals surface area contributed by atoms with Gasteiger partial charge in [0.2, 0.25) is 5.91 Å². The maximum Gasteiger partial charge on any atom is 0.226 e. The molecule has 1 aromatic heterocycles. The number of nitrogens with zero attached hydrogens (tertiary/aromatic N) is 1. The van der Waals surface area contributed by atoms with Gasteiger partial charge in [0.1, 0.15) is 5.75 Å². The van der Waals surface area contributed by atoms with Gasteiger partial charge in [-0.05, 0) is 48.7 Å². The molecule has 1 N–H and O–H groups in total. The first kappa shape index (κ1) is 15.2. The van der Waals surface area contributed by atoms with Gasteiger partial charge in [-0.25, -0.2) is 0 Å². The number of carbonyl (C=O) groups is 1. The lowest BCUT2D eigenvalue weighted by Gasteiger charge is -2.08. The van der Waals surface area contributed by atoms with Crippen LogP contribution in [0.1, 0.15) is 13.3 Å². The van der Waals surface area contributed by atoms with Crippen molar-refractivity contribution in [2.24, 2.45) is 0 Å². The van der Waals surface area contributed by atoms with E-state index in [9.17, 15) is 4.79 Å². The smallest absolute Gasteiger partial charge is 0.226 e. The predicted octanol–water partition coefficient (Wildman–Crippen LogP) is 4.07. The maximum absolute atomic E-state index is 12.1. The number of hydrogen-bond acceptors (Lipinski definition) is 2. The van der Waals surface area contributed by atoms with E-state index in [1.54, 1.807) is 0 Å². The summed E-state index contributed by atoms with van der Waals surface area (Å²) in [7, 11) is 0. The molecule has 4 heteroatoms. The fraction of sp³-hybridized carbons (Fsp3) is 0.211. The second-order valence-corrected chi connectivity index (χ2v) is 5.32. The van der Waals surface area contributed by atoms with Crippen LogP contribution in [0.5, 0.6) is 5.75 Å². The zero-order valence-corrected chi connectivity index (χ0v) is 13.2. The molecule has 0 spiro atoms. The van der Waals surface area contributed by atoms with Gasteiger partial charge < -0.3 is 14.6 Å². The first-order valence-electron chi connectivity index (χ1n) is 7.83. The largest absolute Gasteiger partial charge is 0.494 e. The van der Waals surface area contributed by atoms with Crippen molar-refractivity contribution >= 4 is 22.5 Å². The van der Waals surface area contributed by atoms with Gasteiger partial charge in [-0.15, -0.1) is 0 Å². The zero-order valence-electron chi connectivity index (χ0n) is 13.2. The van der Waals surface area contributed by atoms with Gasteiger partial charge in [0, 0.05) is 30.4 Å². The Labute approximate surface area is 135 Å². The highest BCUT2D eigenvalue weighted by Gasteiger charge is 2.05. The van der Waals surface area contributed by atoms with Gasteiger partial charge in [-0.3, -0.25) is 4.79 Å². The normalized spacial score (nSPS) is 10.7. The van der Waals surface area contributed by atoms with E-state index in [1.807, 2.05) is 49.5 Å². The first-order chi connectivity index (χ1) is 11.3. The monoisotopic (exact) mass is 308 g/mol. The van der Waals surface area contributed by atoms with Gasteiger partial charge in [0.15, 0.2) is 0 Å². The van der Waals surface area contributed by atoms with E-state index >= 15 is 0 Å². The number of hydrogen-bond donors (Lipinski definition) is 1. The van der Waals surface area contributed by atoms with Crippen LogP contribution in [0.3, 0.4) is 0 Å². The number of aromatic nitrogens is 1. The van der Waals surface area contributed by atoms with E-state index in [0.717, 1.165) is 17.0 Å². The molecule has 1 heterocycles. The summed E-state index contributed by atoms with van der Waals surface area (Å²) < 4.78 is 7.49. The molecule has 118 valence electrons. The molecule has 0 unspecified atom stereocenters. The standard InChI is InChI=1S/C19H20N2O2/c1-2-23-17-9-7-16(8-10-17)20-19(22)12-14-21-13-11-15-5-3-4-6-18(15)21/h3-11,13H,2,12,14H2,1H3,(H,20,22). The van der Waals surface area contributed by atoms with Crippen molar-refractivity contribution in [3.8, 4) is 5.75 Å². The summed E-state index contributed by atoms with van der Waals surface area (Å²) in [4.78, 5) is 12.1. The number of ether oxygens (including phenoxy) is 1. The number of amides is 1. The SMILES string of the molecule is CCOc1ccc(NC(=O)CCn2ccc3ccccc32)cc1. The van der Waals surface area contributed by atoms with Crippen LogP contribution in [-0.2, 0) is 11.3 Å². The molecule has 0 aliphatic rings. The Kier molecular flexibility index (Phi) is 4.62. The number of carbonyl (C=O) groups excluding carboxylic acids is 1. The van der Waals surface area contributed by atoms with E-state index in [4.69, 9.17) is 4.74 Å². The molecule has 0 bridgehead atoms. The van der Waals surface area contributed by atoms with Gasteiger partial charge in [0.05, 0.1) is 6.61 Å². The number of benzene rings is 2. The molecular weight excluding hydrogens is 288 g/mol. The lowest BCUT2D eigenvalue weighted by Crippen LogP contribution is -2.14. The first-order valence-corrected chi connectivity index (χ1v) is 7.83. The van der Waals surface area contributed by atoms with Gasteiger partial charge in [-0.1, -0.05) is 18.2 Å². The third kappa shape index (κ3) is 3.72. The summed E-state index contributed by atoms with van der Waals surface area (Å²) in [5.74, 6) is 0.816. The van der Waals surface area contributed by atoms with Crippen molar-refractivity contribution in [2.75, 3.05) is 11.9 Å². The third-order valence-electron chi connectivity index (χ3n) is 3.71. The van der Waals surface area contributed by atoms with Crippen LogP contribution in [0.2, 0.25) is 0 Å². The summed E-state index contributed by atoms with van der Waals surface area (Å²) in [6.07, 6.45) is 2.46. The fourth-order valence-electron chi connectivity index (χ4n) is 2.58. The van der Waals surface area contributed by atoms with Crippen LogP contribution in [0.4, 0.5) is 5.69 Å². The highest BCUT2D eigenvalue weighted by molar-refractivity contribution is 5.90. The van der Waals surface area contributed by atoms with Gasteiger partial charge in [-0.2, -0.15) is 0 Å². The minimum atomic E-state index is 0.00643. The molecule has 0 atom stereocenters. The molecule has 1 amide bonds. The second-order valence-electron chi connectivity index (χ2n) is 5.32. The number of anilines is 1. The maximum atomic E-state index is 12.1. The summed E-state index contributed by atoms with van der Waals surface area (Å²) in [6, 6.07) is 17.7. The molecule has 2 aromatic carbocycles. The van der Waals surface area contributed by atoms with Gasteiger partial charge >= 0.3 is 0 Å². The summed E-state index contributed by atoms with van der Waals surface area (Å²) in [6.45, 7) is 3.24. The summed E-state index contributed by atoms with van der Waals surface area (Å²) in [5.41, 5.74) is 1.94. The number of para-hydroxylation sites is 1. The molecule has 3 rings (SSSR count). The summed E-state index contributed by atoms with van der Waals surface area (Å²) >= 11 is 0. The molecule has 0 fully saturated rings. The molecule has 0 radical (unpaired) electrons. The third-order valence-corrected chi connectivity index (χ3v) is 3.71. The van der Waals surface area contributed by atoms with E-state index in [2.05, 4.69) is 28.1 Å².